The molecule has 4 heteroatoms. The van der Waals surface area contributed by atoms with Gasteiger partial charge in [-0.05, 0) is 33.0 Å². The summed E-state index contributed by atoms with van der Waals surface area (Å²) in [6.07, 6.45) is 2.08. The van der Waals surface area contributed by atoms with Gasteiger partial charge in [-0.3, -0.25) is 0 Å². The summed E-state index contributed by atoms with van der Waals surface area (Å²) >= 11 is 0. The second-order valence-corrected chi connectivity index (χ2v) is 3.48. The number of primary amides is 1. The lowest BCUT2D eigenvalue weighted by Gasteiger charge is -2.34. The van der Waals surface area contributed by atoms with Gasteiger partial charge in [0.05, 0.1) is 0 Å². The van der Waals surface area contributed by atoms with Crippen LogP contribution in [0.15, 0.2) is 0 Å². The van der Waals surface area contributed by atoms with Crippen molar-refractivity contribution in [2.75, 3.05) is 27.2 Å². The first-order valence-corrected chi connectivity index (χ1v) is 4.32. The van der Waals surface area contributed by atoms with Crippen molar-refractivity contribution in [3.63, 3.8) is 0 Å². The van der Waals surface area contributed by atoms with Gasteiger partial charge in [-0.15, -0.1) is 0 Å². The van der Waals surface area contributed by atoms with E-state index < -0.39 is 0 Å². The molecule has 2 amide bonds. The molecule has 0 aromatic heterocycles. The molecular weight excluding hydrogens is 154 g/mol. The van der Waals surface area contributed by atoms with Crippen LogP contribution in [0.1, 0.15) is 12.8 Å². The maximum atomic E-state index is 10.8. The third-order valence-corrected chi connectivity index (χ3v) is 2.58. The van der Waals surface area contributed by atoms with Crippen LogP contribution in [0.5, 0.6) is 0 Å². The van der Waals surface area contributed by atoms with Gasteiger partial charge in [-0.2, -0.15) is 0 Å². The molecule has 12 heavy (non-hydrogen) atoms. The van der Waals surface area contributed by atoms with Crippen molar-refractivity contribution in [3.05, 3.63) is 0 Å². The maximum Gasteiger partial charge on any atom is 0.314 e. The van der Waals surface area contributed by atoms with Gasteiger partial charge in [0.2, 0.25) is 0 Å². The van der Waals surface area contributed by atoms with Crippen LogP contribution < -0.4 is 5.73 Å². The van der Waals surface area contributed by atoms with E-state index in [9.17, 15) is 4.79 Å². The predicted octanol–water partition coefficient (Wildman–Crippen LogP) is 0.0911. The van der Waals surface area contributed by atoms with Crippen molar-refractivity contribution < 1.29 is 4.79 Å². The summed E-state index contributed by atoms with van der Waals surface area (Å²) in [6.45, 7) is 2.12. The van der Waals surface area contributed by atoms with E-state index in [0.717, 1.165) is 25.9 Å². The van der Waals surface area contributed by atoms with E-state index in [1.807, 2.05) is 0 Å². The first-order chi connectivity index (χ1) is 5.61. The first-order valence-electron chi connectivity index (χ1n) is 4.32. The predicted molar refractivity (Wildman–Crippen MR) is 47.9 cm³/mol. The Hall–Kier alpha value is -0.770. The smallest absolute Gasteiger partial charge is 0.314 e. The van der Waals surface area contributed by atoms with Crippen molar-refractivity contribution in [3.8, 4) is 0 Å². The topological polar surface area (TPSA) is 49.6 Å². The van der Waals surface area contributed by atoms with Crippen LogP contribution in [0.2, 0.25) is 0 Å². The van der Waals surface area contributed by atoms with Crippen molar-refractivity contribution in [2.24, 2.45) is 5.73 Å². The second-order valence-electron chi connectivity index (χ2n) is 3.48. The number of carbonyl (C=O) groups is 1. The van der Waals surface area contributed by atoms with E-state index in [2.05, 4.69) is 11.9 Å². The highest BCUT2D eigenvalue weighted by Crippen LogP contribution is 2.13. The van der Waals surface area contributed by atoms with Gasteiger partial charge in [-0.25, -0.2) is 4.79 Å². The van der Waals surface area contributed by atoms with Gasteiger partial charge in [0.1, 0.15) is 0 Å². The molecule has 0 aliphatic carbocycles. The minimum atomic E-state index is -0.315. The summed E-state index contributed by atoms with van der Waals surface area (Å²) in [5, 5.41) is 0. The molecule has 1 fully saturated rings. The minimum absolute atomic E-state index is 0.315. The molecule has 4 nitrogen and oxygen atoms in total. The summed E-state index contributed by atoms with van der Waals surface area (Å²) in [4.78, 5) is 14.7. The Morgan fingerprint density at radius 3 is 2.42 bits per heavy atom. The third-order valence-electron chi connectivity index (χ3n) is 2.58. The van der Waals surface area contributed by atoms with Gasteiger partial charge in [-0.1, -0.05) is 0 Å². The molecule has 2 N–H and O–H groups in total. The third kappa shape index (κ3) is 2.11. The Kier molecular flexibility index (Phi) is 2.92. The molecule has 1 aliphatic rings. The molecule has 0 spiro atoms. The van der Waals surface area contributed by atoms with Crippen LogP contribution in [0, 0.1) is 0 Å². The summed E-state index contributed by atoms with van der Waals surface area (Å²) in [6, 6.07) is 0.0308. The number of nitrogens with zero attached hydrogens (tertiary/aromatic N) is 2. The molecule has 70 valence electrons. The van der Waals surface area contributed by atoms with Gasteiger partial charge in [0.25, 0.3) is 0 Å². The monoisotopic (exact) mass is 171 g/mol. The average molecular weight is 171 g/mol. The number of rotatable bonds is 1. The Balaban J connectivity index is 2.39. The van der Waals surface area contributed by atoms with Gasteiger partial charge in [0.15, 0.2) is 0 Å². The molecule has 1 saturated heterocycles. The highest BCUT2D eigenvalue weighted by molar-refractivity contribution is 5.72. The highest BCUT2D eigenvalue weighted by atomic mass is 16.2. The van der Waals surface area contributed by atoms with E-state index in [4.69, 9.17) is 5.73 Å². The molecule has 0 unspecified atom stereocenters. The van der Waals surface area contributed by atoms with E-state index >= 15 is 0 Å². The summed E-state index contributed by atoms with van der Waals surface area (Å²) in [5.74, 6) is 0. The standard InChI is InChI=1S/C8H17N3O/c1-10-5-3-7(4-6-10)11(2)8(9)12/h7H,3-6H2,1-2H3,(H2,9,12). The zero-order chi connectivity index (χ0) is 9.14. The number of likely N-dealkylation sites (tertiary alicyclic amines) is 1. The largest absolute Gasteiger partial charge is 0.351 e. The molecular formula is C8H17N3O. The molecule has 1 rings (SSSR count). The molecule has 0 atom stereocenters. The van der Waals surface area contributed by atoms with Gasteiger partial charge < -0.3 is 15.5 Å². The maximum absolute atomic E-state index is 10.8. The van der Waals surface area contributed by atoms with Crippen LogP contribution in [0.3, 0.4) is 0 Å². The second kappa shape index (κ2) is 3.76. The fourth-order valence-corrected chi connectivity index (χ4v) is 1.56. The molecule has 0 aromatic rings. The Bertz CT molecular complexity index is 164. The lowest BCUT2D eigenvalue weighted by atomic mass is 10.0. The zero-order valence-corrected chi connectivity index (χ0v) is 7.79. The zero-order valence-electron chi connectivity index (χ0n) is 7.79. The first kappa shape index (κ1) is 9.32. The van der Waals surface area contributed by atoms with Crippen molar-refractivity contribution in [2.45, 2.75) is 18.9 Å². The van der Waals surface area contributed by atoms with E-state index in [0.29, 0.717) is 6.04 Å². The van der Waals surface area contributed by atoms with E-state index in [-0.39, 0.29) is 6.03 Å². The van der Waals surface area contributed by atoms with E-state index in [1.165, 1.54) is 0 Å². The molecule has 0 bridgehead atoms. The number of urea groups is 1. The quantitative estimate of drug-likeness (QED) is 0.608. The highest BCUT2D eigenvalue weighted by Gasteiger charge is 2.21. The lowest BCUT2D eigenvalue weighted by molar-refractivity contribution is 0.154. The summed E-state index contributed by atoms with van der Waals surface area (Å²) < 4.78 is 0. The Morgan fingerprint density at radius 1 is 1.50 bits per heavy atom. The van der Waals surface area contributed by atoms with Crippen molar-refractivity contribution >= 4 is 6.03 Å². The van der Waals surface area contributed by atoms with Gasteiger partial charge in [0, 0.05) is 13.1 Å². The number of amides is 2. The van der Waals surface area contributed by atoms with Crippen LogP contribution in [0.25, 0.3) is 0 Å². The molecule has 0 saturated carbocycles. The average Bonchev–Trinajstić information content (AvgIpc) is 2.04. The van der Waals surface area contributed by atoms with Crippen molar-refractivity contribution in [1.82, 2.24) is 9.80 Å². The normalized spacial score (nSPS) is 20.8. The molecule has 0 aromatic carbocycles. The van der Waals surface area contributed by atoms with Gasteiger partial charge >= 0.3 is 6.03 Å². The Morgan fingerprint density at radius 2 is 2.00 bits per heavy atom. The van der Waals surface area contributed by atoms with Crippen LogP contribution >= 0.6 is 0 Å². The Labute approximate surface area is 73.3 Å². The fourth-order valence-electron chi connectivity index (χ4n) is 1.56. The molecule has 1 heterocycles. The van der Waals surface area contributed by atoms with Crippen LogP contribution in [0.4, 0.5) is 4.79 Å². The molecule has 1 aliphatic heterocycles. The van der Waals surface area contributed by atoms with Crippen LogP contribution in [-0.2, 0) is 0 Å². The number of carbonyl (C=O) groups excluding carboxylic acids is 1. The van der Waals surface area contributed by atoms with Crippen molar-refractivity contribution in [1.29, 1.82) is 0 Å². The summed E-state index contributed by atoms with van der Waals surface area (Å²) in [5.41, 5.74) is 5.17. The molecule has 0 radical (unpaired) electrons. The SMILES string of the molecule is CN1CCC(N(C)C(N)=O)CC1. The minimum Gasteiger partial charge on any atom is -0.351 e. The number of nitrogens with two attached hydrogens (primary N) is 1. The summed E-state index contributed by atoms with van der Waals surface area (Å²) in [7, 11) is 3.87. The number of hydrogen-bond acceptors (Lipinski definition) is 2. The van der Waals surface area contributed by atoms with Crippen LogP contribution in [-0.4, -0.2) is 49.1 Å². The number of piperidine rings is 1. The fraction of sp³-hybridized carbons (Fsp3) is 0.875. The number of hydrogen-bond donors (Lipinski definition) is 1. The van der Waals surface area contributed by atoms with E-state index in [1.54, 1.807) is 11.9 Å². The lowest BCUT2D eigenvalue weighted by Crippen LogP contribution is -2.46.